The van der Waals surface area contributed by atoms with Gasteiger partial charge < -0.3 is 30.0 Å². The van der Waals surface area contributed by atoms with Gasteiger partial charge in [0, 0.05) is 13.0 Å². The topological polar surface area (TPSA) is 140 Å². The lowest BCUT2D eigenvalue weighted by molar-refractivity contribution is -0.157. The minimum atomic E-state index is -1.24. The van der Waals surface area contributed by atoms with Crippen LogP contribution in [0.1, 0.15) is 30.4 Å². The second kappa shape index (κ2) is 17.6. The number of carbonyl (C=O) groups excluding carboxylic acids is 4. The molecule has 0 radical (unpaired) electrons. The third kappa shape index (κ3) is 11.5. The van der Waals surface area contributed by atoms with Crippen molar-refractivity contribution in [3.05, 3.63) is 83.9 Å². The van der Waals surface area contributed by atoms with Gasteiger partial charge in [0.15, 0.2) is 6.04 Å². The van der Waals surface area contributed by atoms with Crippen LogP contribution in [0.5, 0.6) is 0 Å². The normalized spacial score (nSPS) is 19.7. The summed E-state index contributed by atoms with van der Waals surface area (Å²) in [7, 11) is 0. The highest BCUT2D eigenvalue weighted by Crippen LogP contribution is 2.18. The predicted octanol–water partition coefficient (Wildman–Crippen LogP) is 2.10. The quantitative estimate of drug-likeness (QED) is 0.202. The molecule has 1 aliphatic rings. The molecule has 2 aromatic carbocycles. The molecule has 10 heteroatoms. The smallest absolute Gasteiger partial charge is 0.332 e. The standard InChI is InChI=1S/C31H38N2O8/c34-16-18-39-17-15-32-28(35)20-25-13-7-8-14-26(19-23-9-3-1-4-10-23)30(37)41-22-27(33-29(25)36)31(38)40-21-24-11-5-2-6-12-24/h1-12,25-27,34H,13-22H2,(H,32,35)(H,33,36)/t25-,26+,27-/m1/s1. The molecule has 2 aromatic rings. The number of hydrogen-bond acceptors (Lipinski definition) is 8. The van der Waals surface area contributed by atoms with Gasteiger partial charge >= 0.3 is 11.9 Å². The number of nitrogens with one attached hydrogen (secondary N) is 2. The van der Waals surface area contributed by atoms with Crippen molar-refractivity contribution >= 4 is 23.8 Å². The molecule has 3 rings (SSSR count). The Bertz CT molecular complexity index is 1140. The van der Waals surface area contributed by atoms with E-state index in [0.29, 0.717) is 12.8 Å². The summed E-state index contributed by atoms with van der Waals surface area (Å²) in [6, 6.07) is 17.4. The molecular formula is C31H38N2O8. The lowest BCUT2D eigenvalue weighted by Crippen LogP contribution is -2.48. The molecule has 0 bridgehead atoms. The van der Waals surface area contributed by atoms with Gasteiger partial charge in [-0.1, -0.05) is 72.8 Å². The Morgan fingerprint density at radius 2 is 1.59 bits per heavy atom. The molecule has 1 aliphatic heterocycles. The maximum Gasteiger partial charge on any atom is 0.332 e. The third-order valence-electron chi connectivity index (χ3n) is 6.49. The van der Waals surface area contributed by atoms with Crippen LogP contribution in [0.3, 0.4) is 0 Å². The van der Waals surface area contributed by atoms with Crippen molar-refractivity contribution in [1.29, 1.82) is 0 Å². The van der Waals surface area contributed by atoms with E-state index in [1.165, 1.54) is 0 Å². The number of rotatable bonds is 12. The molecule has 2 amide bonds. The largest absolute Gasteiger partial charge is 0.463 e. The van der Waals surface area contributed by atoms with Crippen molar-refractivity contribution in [1.82, 2.24) is 10.6 Å². The van der Waals surface area contributed by atoms with E-state index in [4.69, 9.17) is 19.3 Å². The van der Waals surface area contributed by atoms with E-state index in [-0.39, 0.29) is 51.7 Å². The van der Waals surface area contributed by atoms with Crippen LogP contribution in [-0.2, 0) is 46.4 Å². The second-order valence-electron chi connectivity index (χ2n) is 9.70. The maximum atomic E-state index is 13.2. The summed E-state index contributed by atoms with van der Waals surface area (Å²) in [5, 5.41) is 14.1. The molecule has 0 aliphatic carbocycles. The maximum absolute atomic E-state index is 13.2. The van der Waals surface area contributed by atoms with Gasteiger partial charge in [-0.05, 0) is 30.4 Å². The summed E-state index contributed by atoms with van der Waals surface area (Å²) in [6.07, 6.45) is 4.54. The summed E-state index contributed by atoms with van der Waals surface area (Å²) in [4.78, 5) is 51.8. The Morgan fingerprint density at radius 3 is 2.27 bits per heavy atom. The SMILES string of the molecule is O=C(C[C@H]1CC=CC[C@@H](Cc2ccccc2)C(=O)OC[C@H](C(=O)OCc2ccccc2)NC1=O)NCCOCCO. The van der Waals surface area contributed by atoms with Crippen molar-refractivity contribution in [3.63, 3.8) is 0 Å². The van der Waals surface area contributed by atoms with Gasteiger partial charge in [0.25, 0.3) is 0 Å². The highest BCUT2D eigenvalue weighted by molar-refractivity contribution is 5.89. The fourth-order valence-electron chi connectivity index (χ4n) is 4.26. The molecule has 0 fully saturated rings. The molecule has 0 saturated carbocycles. The summed E-state index contributed by atoms with van der Waals surface area (Å²) < 4.78 is 16.1. The zero-order valence-electron chi connectivity index (χ0n) is 23.0. The summed E-state index contributed by atoms with van der Waals surface area (Å²) in [5.74, 6) is -3.36. The molecule has 41 heavy (non-hydrogen) atoms. The first kappa shape index (κ1) is 31.5. The van der Waals surface area contributed by atoms with Crippen molar-refractivity contribution in [2.24, 2.45) is 11.8 Å². The number of cyclic esters (lactones) is 1. The molecule has 220 valence electrons. The molecular weight excluding hydrogens is 528 g/mol. The van der Waals surface area contributed by atoms with Gasteiger partial charge in [0.1, 0.15) is 13.2 Å². The average Bonchev–Trinajstić information content (AvgIpc) is 2.99. The van der Waals surface area contributed by atoms with Gasteiger partial charge in [-0.25, -0.2) is 4.79 Å². The van der Waals surface area contributed by atoms with Crippen LogP contribution < -0.4 is 10.6 Å². The van der Waals surface area contributed by atoms with E-state index >= 15 is 0 Å². The first-order valence-electron chi connectivity index (χ1n) is 13.8. The minimum Gasteiger partial charge on any atom is -0.463 e. The number of esters is 2. The van der Waals surface area contributed by atoms with Crippen molar-refractivity contribution < 1.29 is 38.5 Å². The van der Waals surface area contributed by atoms with E-state index in [1.807, 2.05) is 54.6 Å². The van der Waals surface area contributed by atoms with Crippen molar-refractivity contribution in [3.8, 4) is 0 Å². The highest BCUT2D eigenvalue weighted by Gasteiger charge is 2.30. The van der Waals surface area contributed by atoms with Crippen molar-refractivity contribution in [2.45, 2.75) is 38.3 Å². The minimum absolute atomic E-state index is 0.0104. The number of ether oxygens (including phenoxy) is 3. The van der Waals surface area contributed by atoms with Crippen LogP contribution in [0.25, 0.3) is 0 Å². The number of aliphatic hydroxyl groups excluding tert-OH is 1. The molecule has 0 spiro atoms. The van der Waals surface area contributed by atoms with E-state index < -0.39 is 42.3 Å². The van der Waals surface area contributed by atoms with Crippen LogP contribution in [0.2, 0.25) is 0 Å². The summed E-state index contributed by atoms with van der Waals surface area (Å²) in [5.41, 5.74) is 1.74. The number of carbonyl (C=O) groups is 4. The van der Waals surface area contributed by atoms with Crippen LogP contribution >= 0.6 is 0 Å². The summed E-state index contributed by atoms with van der Waals surface area (Å²) in [6.45, 7) is 0.112. The van der Waals surface area contributed by atoms with Crippen LogP contribution in [0.15, 0.2) is 72.8 Å². The molecule has 1 heterocycles. The lowest BCUT2D eigenvalue weighted by Gasteiger charge is -2.23. The average molecular weight is 567 g/mol. The van der Waals surface area contributed by atoms with Gasteiger partial charge in [-0.15, -0.1) is 0 Å². The zero-order chi connectivity index (χ0) is 29.3. The zero-order valence-corrected chi connectivity index (χ0v) is 23.0. The monoisotopic (exact) mass is 566 g/mol. The Hall–Kier alpha value is -4.02. The van der Waals surface area contributed by atoms with Gasteiger partial charge in [-0.3, -0.25) is 14.4 Å². The summed E-state index contributed by atoms with van der Waals surface area (Å²) >= 11 is 0. The number of aliphatic hydroxyl groups is 1. The fourth-order valence-corrected chi connectivity index (χ4v) is 4.26. The molecule has 0 saturated heterocycles. The number of benzene rings is 2. The first-order chi connectivity index (χ1) is 20.0. The fraction of sp³-hybridized carbons (Fsp3) is 0.419. The van der Waals surface area contributed by atoms with Gasteiger partial charge in [0.2, 0.25) is 11.8 Å². The third-order valence-corrected chi connectivity index (χ3v) is 6.49. The van der Waals surface area contributed by atoms with Crippen LogP contribution in [-0.4, -0.2) is 67.9 Å². The van der Waals surface area contributed by atoms with E-state index in [9.17, 15) is 19.2 Å². The number of hydrogen-bond donors (Lipinski definition) is 3. The number of amides is 2. The molecule has 3 N–H and O–H groups in total. The molecule has 0 unspecified atom stereocenters. The van der Waals surface area contributed by atoms with Crippen LogP contribution in [0, 0.1) is 11.8 Å². The Balaban J connectivity index is 1.72. The number of allylic oxidation sites excluding steroid dienone is 2. The Morgan fingerprint density at radius 1 is 0.927 bits per heavy atom. The first-order valence-corrected chi connectivity index (χ1v) is 13.8. The second-order valence-corrected chi connectivity index (χ2v) is 9.70. The molecule has 0 aromatic heterocycles. The Kier molecular flexibility index (Phi) is 13.5. The van der Waals surface area contributed by atoms with Crippen LogP contribution in [0.4, 0.5) is 0 Å². The molecule has 3 atom stereocenters. The van der Waals surface area contributed by atoms with Gasteiger partial charge in [0.05, 0.1) is 31.7 Å². The Labute approximate surface area is 240 Å². The van der Waals surface area contributed by atoms with Gasteiger partial charge in [-0.2, -0.15) is 0 Å². The van der Waals surface area contributed by atoms with E-state index in [0.717, 1.165) is 11.1 Å². The molecule has 10 nitrogen and oxygen atoms in total. The predicted molar refractivity (Wildman–Crippen MR) is 150 cm³/mol. The van der Waals surface area contributed by atoms with Crippen molar-refractivity contribution in [2.75, 3.05) is 33.0 Å². The van der Waals surface area contributed by atoms with E-state index in [2.05, 4.69) is 10.6 Å². The highest BCUT2D eigenvalue weighted by atomic mass is 16.6. The van der Waals surface area contributed by atoms with E-state index in [1.54, 1.807) is 18.2 Å². The lowest BCUT2D eigenvalue weighted by atomic mass is 9.94.